The van der Waals surface area contributed by atoms with Crippen molar-refractivity contribution in [2.75, 3.05) is 12.3 Å². The Morgan fingerprint density at radius 1 is 1.50 bits per heavy atom. The second-order valence-corrected chi connectivity index (χ2v) is 4.63. The molecule has 0 aliphatic carbocycles. The number of aliphatic hydroxyl groups excluding tert-OH is 1. The zero-order valence-corrected chi connectivity index (χ0v) is 12.5. The molecular weight excluding hydrogens is 364 g/mol. The van der Waals surface area contributed by atoms with Crippen molar-refractivity contribution in [3.8, 4) is 10.8 Å². The van der Waals surface area contributed by atoms with Crippen molar-refractivity contribution in [1.82, 2.24) is 9.55 Å². The number of ether oxygens (including phenoxy) is 1. The van der Waals surface area contributed by atoms with Gasteiger partial charge in [-0.1, -0.05) is 0 Å². The molecule has 1 saturated heterocycles. The normalized spacial score (nSPS) is 24.5. The lowest BCUT2D eigenvalue weighted by Gasteiger charge is -2.15. The lowest BCUT2D eigenvalue weighted by atomic mass is 10.1. The number of aliphatic hydroxyl groups is 1. The van der Waals surface area contributed by atoms with E-state index in [1.807, 2.05) is 0 Å². The molecular formula is C13H10BrF2N3O3. The van der Waals surface area contributed by atoms with E-state index in [-0.39, 0.29) is 35.2 Å². The minimum absolute atomic E-state index is 0.100. The van der Waals surface area contributed by atoms with Gasteiger partial charge in [0.05, 0.1) is 24.8 Å². The lowest BCUT2D eigenvalue weighted by molar-refractivity contribution is -0.00861. The Kier molecular flexibility index (Phi) is 5.07. The molecule has 0 amide bonds. The Bertz CT molecular complexity index is 764. The summed E-state index contributed by atoms with van der Waals surface area (Å²) >= 11 is 2.89. The number of nitrogens with two attached hydrogens (primary N) is 1. The molecule has 0 saturated carbocycles. The highest BCUT2D eigenvalue weighted by Gasteiger charge is 2.37. The van der Waals surface area contributed by atoms with Gasteiger partial charge in [-0.25, -0.2) is 13.6 Å². The molecule has 2 unspecified atom stereocenters. The number of nitrogen functional groups attached to an aromatic ring is 1. The van der Waals surface area contributed by atoms with Crippen LogP contribution < -0.4 is 11.4 Å². The summed E-state index contributed by atoms with van der Waals surface area (Å²) in [4.78, 5) is 17.9. The van der Waals surface area contributed by atoms with Crippen LogP contribution in [0.2, 0.25) is 0 Å². The van der Waals surface area contributed by atoms with Crippen LogP contribution in [0.25, 0.3) is 0 Å². The van der Waals surface area contributed by atoms with E-state index in [0.29, 0.717) is 0 Å². The third kappa shape index (κ3) is 2.81. The minimum atomic E-state index is -1.28. The molecule has 1 fully saturated rings. The number of halogens is 3. The summed E-state index contributed by atoms with van der Waals surface area (Å²) in [6.07, 6.45) is -0.901. The second kappa shape index (κ2) is 6.83. The third-order valence-corrected chi connectivity index (χ3v) is 3.25. The molecule has 0 spiro atoms. The first-order chi connectivity index (χ1) is 10.6. The molecule has 0 bridgehead atoms. The first-order valence-corrected chi connectivity index (χ1v) is 6.74. The largest absolute Gasteiger partial charge is 0.393 e. The molecule has 2 rings (SSSR count). The van der Waals surface area contributed by atoms with Gasteiger partial charge in [0.15, 0.2) is 6.23 Å². The van der Waals surface area contributed by atoms with Crippen LogP contribution in [0.1, 0.15) is 11.8 Å². The Balaban J connectivity index is 2.58. The topological polar surface area (TPSA) is 90.4 Å². The van der Waals surface area contributed by atoms with Crippen LogP contribution in [-0.2, 0) is 4.74 Å². The zero-order chi connectivity index (χ0) is 16.3. The van der Waals surface area contributed by atoms with Crippen molar-refractivity contribution in [2.45, 2.75) is 12.3 Å². The number of hydrogen-bond donors (Lipinski definition) is 2. The van der Waals surface area contributed by atoms with E-state index < -0.39 is 24.6 Å². The smallest absolute Gasteiger partial charge is 0.351 e. The third-order valence-electron chi connectivity index (χ3n) is 3.06. The molecule has 9 heteroatoms. The van der Waals surface area contributed by atoms with Crippen molar-refractivity contribution in [1.29, 1.82) is 0 Å². The maximum absolute atomic E-state index is 13.1. The van der Waals surface area contributed by atoms with Crippen molar-refractivity contribution >= 4 is 21.7 Å². The van der Waals surface area contributed by atoms with Crippen LogP contribution in [0.15, 0.2) is 34.8 Å². The maximum Gasteiger partial charge on any atom is 0.351 e. The fourth-order valence-electron chi connectivity index (χ4n) is 2.03. The van der Waals surface area contributed by atoms with E-state index in [2.05, 4.69) is 31.7 Å². The standard InChI is InChI=1S/C13H10BrF2N3O3/c14-2-1-7-5-19(13(21)18-11(7)17)12-9(4-16)8(3-15)10(6-20)22-12/h3-5,10,12,20H,6H2,(H2,17,18,21). The average molecular weight is 374 g/mol. The highest BCUT2D eigenvalue weighted by Crippen LogP contribution is 2.38. The van der Waals surface area contributed by atoms with Gasteiger partial charge in [0.1, 0.15) is 11.9 Å². The SMILES string of the molecule is Nc1nc(=O)n(C2OC(CO)C(=CF)C2=CF)cc1C#CBr. The Hall–Kier alpha value is -2.02. The van der Waals surface area contributed by atoms with Gasteiger partial charge in [-0.3, -0.25) is 4.57 Å². The van der Waals surface area contributed by atoms with Crippen LogP contribution >= 0.6 is 15.9 Å². The first kappa shape index (κ1) is 16.4. The number of aromatic nitrogens is 2. The van der Waals surface area contributed by atoms with E-state index in [0.717, 1.165) is 4.57 Å². The van der Waals surface area contributed by atoms with E-state index in [9.17, 15) is 13.6 Å². The van der Waals surface area contributed by atoms with Crippen LogP contribution in [0, 0.1) is 10.8 Å². The molecule has 6 nitrogen and oxygen atoms in total. The van der Waals surface area contributed by atoms with Gasteiger partial charge in [-0.15, -0.1) is 0 Å². The van der Waals surface area contributed by atoms with Crippen LogP contribution in [0.3, 0.4) is 0 Å². The van der Waals surface area contributed by atoms with Gasteiger partial charge in [-0.2, -0.15) is 4.98 Å². The van der Waals surface area contributed by atoms with Crippen LogP contribution in [-0.4, -0.2) is 27.4 Å². The molecule has 22 heavy (non-hydrogen) atoms. The average Bonchev–Trinajstić information content (AvgIpc) is 2.87. The molecule has 2 atom stereocenters. The van der Waals surface area contributed by atoms with E-state index >= 15 is 0 Å². The molecule has 0 radical (unpaired) electrons. The van der Waals surface area contributed by atoms with Gasteiger partial charge in [-0.05, 0) is 10.8 Å². The maximum atomic E-state index is 13.1. The van der Waals surface area contributed by atoms with Crippen molar-refractivity contribution in [2.24, 2.45) is 0 Å². The minimum Gasteiger partial charge on any atom is -0.393 e. The fraction of sp³-hybridized carbons (Fsp3) is 0.231. The summed E-state index contributed by atoms with van der Waals surface area (Å²) in [6.45, 7) is -0.575. The van der Waals surface area contributed by atoms with Crippen molar-refractivity contribution in [3.05, 3.63) is 46.1 Å². The number of anilines is 1. The molecule has 1 aliphatic rings. The molecule has 1 aliphatic heterocycles. The monoisotopic (exact) mass is 373 g/mol. The Morgan fingerprint density at radius 2 is 2.18 bits per heavy atom. The lowest BCUT2D eigenvalue weighted by Crippen LogP contribution is -2.29. The molecule has 2 heterocycles. The van der Waals surface area contributed by atoms with Gasteiger partial charge in [0.2, 0.25) is 0 Å². The van der Waals surface area contributed by atoms with Crippen molar-refractivity contribution in [3.63, 3.8) is 0 Å². The number of hydrogen-bond acceptors (Lipinski definition) is 5. The number of nitrogens with zero attached hydrogens (tertiary/aromatic N) is 2. The fourth-order valence-corrected chi connectivity index (χ4v) is 2.25. The predicted octanol–water partition coefficient (Wildman–Crippen LogP) is 1.13. The summed E-state index contributed by atoms with van der Waals surface area (Å²) in [5, 5.41) is 9.16. The summed E-state index contributed by atoms with van der Waals surface area (Å²) < 4.78 is 32.3. The highest BCUT2D eigenvalue weighted by molar-refractivity contribution is 9.12. The van der Waals surface area contributed by atoms with Crippen molar-refractivity contribution < 1.29 is 18.6 Å². The quantitative estimate of drug-likeness (QED) is 0.758. The van der Waals surface area contributed by atoms with Crippen LogP contribution in [0.4, 0.5) is 14.6 Å². The van der Waals surface area contributed by atoms with Gasteiger partial charge >= 0.3 is 5.69 Å². The van der Waals surface area contributed by atoms with Gasteiger partial charge < -0.3 is 15.6 Å². The van der Waals surface area contributed by atoms with Gasteiger partial charge in [0.25, 0.3) is 0 Å². The van der Waals surface area contributed by atoms with Crippen LogP contribution in [0.5, 0.6) is 0 Å². The first-order valence-electron chi connectivity index (χ1n) is 5.94. The second-order valence-electron chi connectivity index (χ2n) is 4.24. The summed E-state index contributed by atoms with van der Waals surface area (Å²) in [5.74, 6) is 2.46. The Labute approximate surface area is 132 Å². The zero-order valence-electron chi connectivity index (χ0n) is 11.0. The van der Waals surface area contributed by atoms with E-state index in [4.69, 9.17) is 15.6 Å². The summed E-state index contributed by atoms with van der Waals surface area (Å²) in [6, 6.07) is 0. The Morgan fingerprint density at radius 3 is 2.73 bits per heavy atom. The highest BCUT2D eigenvalue weighted by atomic mass is 79.9. The van der Waals surface area contributed by atoms with E-state index in [1.54, 1.807) is 0 Å². The summed E-state index contributed by atoms with van der Waals surface area (Å²) in [7, 11) is 0. The molecule has 0 aromatic carbocycles. The van der Waals surface area contributed by atoms with E-state index in [1.165, 1.54) is 6.20 Å². The van der Waals surface area contributed by atoms with Gasteiger partial charge in [0, 0.05) is 33.3 Å². The summed E-state index contributed by atoms with van der Waals surface area (Å²) in [5.41, 5.74) is 4.53. The molecule has 116 valence electrons. The molecule has 3 N–H and O–H groups in total. The molecule has 1 aromatic heterocycles. The predicted molar refractivity (Wildman–Crippen MR) is 78.1 cm³/mol. The number of rotatable bonds is 2. The molecule has 1 aromatic rings.